The molecular formula is C26H18ClFN2O4S. The molecule has 1 amide bonds. The molecule has 0 bridgehead atoms. The van der Waals surface area contributed by atoms with E-state index >= 15 is 0 Å². The molecule has 9 heteroatoms. The van der Waals surface area contributed by atoms with E-state index < -0.39 is 21.7 Å². The SMILES string of the molecule is O=C(Nc1ccc(Cl)cc1C(=O)c1ccccc1)c1ccc(NS(=O)(=O)c2ccc(F)cc2)cc1. The number of anilines is 2. The number of sulfonamides is 1. The molecule has 176 valence electrons. The summed E-state index contributed by atoms with van der Waals surface area (Å²) in [5.41, 5.74) is 1.43. The first-order valence-corrected chi connectivity index (χ1v) is 12.2. The van der Waals surface area contributed by atoms with Crippen LogP contribution in [0.5, 0.6) is 0 Å². The summed E-state index contributed by atoms with van der Waals surface area (Å²) in [7, 11) is -3.92. The average molecular weight is 509 g/mol. The van der Waals surface area contributed by atoms with E-state index in [-0.39, 0.29) is 33.2 Å². The van der Waals surface area contributed by atoms with E-state index in [1.807, 2.05) is 0 Å². The van der Waals surface area contributed by atoms with Crippen LogP contribution in [0.15, 0.2) is 102 Å². The number of benzene rings is 4. The highest BCUT2D eigenvalue weighted by Crippen LogP contribution is 2.25. The zero-order chi connectivity index (χ0) is 25.0. The highest BCUT2D eigenvalue weighted by molar-refractivity contribution is 7.92. The van der Waals surface area contributed by atoms with Crippen molar-refractivity contribution in [2.45, 2.75) is 4.90 Å². The molecule has 35 heavy (non-hydrogen) atoms. The number of nitrogens with one attached hydrogen (secondary N) is 2. The fraction of sp³-hybridized carbons (Fsp3) is 0. The standard InChI is InChI=1S/C26H18ClFN2O4S/c27-19-8-15-24(23(16-19)25(31)17-4-2-1-3-5-17)29-26(32)18-6-11-21(12-7-18)30-35(33,34)22-13-9-20(28)10-14-22/h1-16,30H,(H,29,32). The van der Waals surface area contributed by atoms with Crippen LogP contribution in [0.25, 0.3) is 0 Å². The Morgan fingerprint density at radius 2 is 1.43 bits per heavy atom. The van der Waals surface area contributed by atoms with Gasteiger partial charge in [-0.1, -0.05) is 41.9 Å². The Bertz CT molecular complexity index is 1490. The van der Waals surface area contributed by atoms with Crippen molar-refractivity contribution in [3.8, 4) is 0 Å². The molecule has 0 aliphatic rings. The van der Waals surface area contributed by atoms with E-state index in [1.54, 1.807) is 42.5 Å². The minimum atomic E-state index is -3.92. The quantitative estimate of drug-likeness (QED) is 0.310. The molecule has 0 unspecified atom stereocenters. The van der Waals surface area contributed by atoms with E-state index in [0.29, 0.717) is 10.6 Å². The number of ketones is 1. The second kappa shape index (κ2) is 10.1. The number of hydrogen-bond donors (Lipinski definition) is 2. The Morgan fingerprint density at radius 1 is 0.771 bits per heavy atom. The van der Waals surface area contributed by atoms with Crippen LogP contribution >= 0.6 is 11.6 Å². The van der Waals surface area contributed by atoms with Gasteiger partial charge in [-0.2, -0.15) is 0 Å². The van der Waals surface area contributed by atoms with Crippen LogP contribution in [0.1, 0.15) is 26.3 Å². The lowest BCUT2D eigenvalue weighted by atomic mass is 10.0. The lowest BCUT2D eigenvalue weighted by molar-refractivity contribution is 0.102. The van der Waals surface area contributed by atoms with Gasteiger partial charge in [-0.3, -0.25) is 14.3 Å². The number of rotatable bonds is 7. The summed E-state index contributed by atoms with van der Waals surface area (Å²) in [5, 5.41) is 3.06. The number of hydrogen-bond acceptors (Lipinski definition) is 4. The van der Waals surface area contributed by atoms with Crippen LogP contribution in [-0.2, 0) is 10.0 Å². The Kier molecular flexibility index (Phi) is 6.95. The molecule has 2 N–H and O–H groups in total. The van der Waals surface area contributed by atoms with Gasteiger partial charge in [0.2, 0.25) is 0 Å². The highest BCUT2D eigenvalue weighted by Gasteiger charge is 2.18. The van der Waals surface area contributed by atoms with E-state index in [4.69, 9.17) is 11.6 Å². The maximum absolute atomic E-state index is 13.1. The van der Waals surface area contributed by atoms with Gasteiger partial charge in [0, 0.05) is 27.4 Å². The van der Waals surface area contributed by atoms with E-state index in [0.717, 1.165) is 24.3 Å². The Hall–Kier alpha value is -4.01. The van der Waals surface area contributed by atoms with Crippen LogP contribution in [-0.4, -0.2) is 20.1 Å². The maximum Gasteiger partial charge on any atom is 0.261 e. The molecule has 6 nitrogen and oxygen atoms in total. The largest absolute Gasteiger partial charge is 0.321 e. The minimum absolute atomic E-state index is 0.0981. The third kappa shape index (κ3) is 5.74. The maximum atomic E-state index is 13.1. The number of carbonyl (C=O) groups is 2. The summed E-state index contributed by atoms with van der Waals surface area (Å²) in [6.45, 7) is 0. The van der Waals surface area contributed by atoms with Crippen molar-refractivity contribution in [3.05, 3.63) is 125 Å². The van der Waals surface area contributed by atoms with Gasteiger partial charge >= 0.3 is 0 Å². The van der Waals surface area contributed by atoms with Crippen molar-refractivity contribution in [3.63, 3.8) is 0 Å². The number of amides is 1. The molecule has 4 aromatic rings. The van der Waals surface area contributed by atoms with Crippen LogP contribution in [0.4, 0.5) is 15.8 Å². The highest BCUT2D eigenvalue weighted by atomic mass is 35.5. The monoisotopic (exact) mass is 508 g/mol. The van der Waals surface area contributed by atoms with E-state index in [2.05, 4.69) is 10.0 Å². The van der Waals surface area contributed by atoms with Crippen LogP contribution in [0, 0.1) is 5.82 Å². The summed E-state index contributed by atoms with van der Waals surface area (Å²) < 4.78 is 40.4. The first-order chi connectivity index (χ1) is 16.7. The number of carbonyl (C=O) groups excluding carboxylic acids is 2. The second-order valence-electron chi connectivity index (χ2n) is 7.48. The van der Waals surface area contributed by atoms with Gasteiger partial charge in [0.25, 0.3) is 15.9 Å². The predicted molar refractivity (Wildman–Crippen MR) is 133 cm³/mol. The molecule has 4 aromatic carbocycles. The molecule has 0 radical (unpaired) electrons. The predicted octanol–water partition coefficient (Wildman–Crippen LogP) is 5.76. The Balaban J connectivity index is 1.51. The van der Waals surface area contributed by atoms with Gasteiger partial charge in [-0.25, -0.2) is 12.8 Å². The molecule has 0 saturated heterocycles. The molecule has 0 aliphatic carbocycles. The van der Waals surface area contributed by atoms with Crippen molar-refractivity contribution in [1.29, 1.82) is 0 Å². The molecule has 0 aromatic heterocycles. The van der Waals surface area contributed by atoms with Crippen LogP contribution in [0.3, 0.4) is 0 Å². The van der Waals surface area contributed by atoms with Gasteiger partial charge in [-0.05, 0) is 66.7 Å². The Morgan fingerprint density at radius 3 is 2.09 bits per heavy atom. The molecule has 0 spiro atoms. The molecular weight excluding hydrogens is 491 g/mol. The van der Waals surface area contributed by atoms with Gasteiger partial charge in [0.15, 0.2) is 5.78 Å². The number of halogens is 2. The second-order valence-corrected chi connectivity index (χ2v) is 9.59. The van der Waals surface area contributed by atoms with Crippen LogP contribution < -0.4 is 10.0 Å². The summed E-state index contributed by atoms with van der Waals surface area (Å²) in [6, 6.07) is 23.3. The van der Waals surface area contributed by atoms with Gasteiger partial charge < -0.3 is 5.32 Å². The topological polar surface area (TPSA) is 92.3 Å². The molecule has 4 rings (SSSR count). The van der Waals surface area contributed by atoms with Crippen molar-refractivity contribution in [2.24, 2.45) is 0 Å². The smallest absolute Gasteiger partial charge is 0.261 e. The summed E-state index contributed by atoms with van der Waals surface area (Å²) in [6.07, 6.45) is 0. The summed E-state index contributed by atoms with van der Waals surface area (Å²) >= 11 is 6.08. The zero-order valence-corrected chi connectivity index (χ0v) is 19.6. The van der Waals surface area contributed by atoms with Crippen molar-refractivity contribution >= 4 is 44.7 Å². The third-order valence-electron chi connectivity index (χ3n) is 5.03. The fourth-order valence-electron chi connectivity index (χ4n) is 3.27. The fourth-order valence-corrected chi connectivity index (χ4v) is 4.50. The van der Waals surface area contributed by atoms with E-state index in [1.165, 1.54) is 30.3 Å². The minimum Gasteiger partial charge on any atom is -0.321 e. The normalized spacial score (nSPS) is 11.0. The first kappa shape index (κ1) is 24.1. The molecule has 0 heterocycles. The summed E-state index contributed by atoms with van der Waals surface area (Å²) in [5.74, 6) is -1.34. The first-order valence-electron chi connectivity index (χ1n) is 10.3. The Labute approximate surface area is 206 Å². The van der Waals surface area contributed by atoms with Gasteiger partial charge in [-0.15, -0.1) is 0 Å². The molecule has 0 atom stereocenters. The van der Waals surface area contributed by atoms with Crippen molar-refractivity contribution < 1.29 is 22.4 Å². The van der Waals surface area contributed by atoms with Gasteiger partial charge in [0.1, 0.15) is 5.82 Å². The third-order valence-corrected chi connectivity index (χ3v) is 6.67. The molecule has 0 saturated carbocycles. The van der Waals surface area contributed by atoms with E-state index in [9.17, 15) is 22.4 Å². The van der Waals surface area contributed by atoms with Gasteiger partial charge in [0.05, 0.1) is 10.6 Å². The lowest BCUT2D eigenvalue weighted by Crippen LogP contribution is -2.16. The summed E-state index contributed by atoms with van der Waals surface area (Å²) in [4.78, 5) is 25.7. The van der Waals surface area contributed by atoms with Crippen molar-refractivity contribution in [1.82, 2.24) is 0 Å². The van der Waals surface area contributed by atoms with Crippen molar-refractivity contribution in [2.75, 3.05) is 10.0 Å². The molecule has 0 fully saturated rings. The average Bonchev–Trinajstić information content (AvgIpc) is 2.85. The lowest BCUT2D eigenvalue weighted by Gasteiger charge is -2.12. The zero-order valence-electron chi connectivity index (χ0n) is 18.0. The molecule has 0 aliphatic heterocycles. The van der Waals surface area contributed by atoms with Crippen LogP contribution in [0.2, 0.25) is 5.02 Å².